The Bertz CT molecular complexity index is 546. The first-order chi connectivity index (χ1) is 10.2. The summed E-state index contributed by atoms with van der Waals surface area (Å²) in [5, 5.41) is 11.7. The maximum Gasteiger partial charge on any atom is 0.303 e. The molecule has 0 spiro atoms. The second-order valence-electron chi connectivity index (χ2n) is 5.89. The van der Waals surface area contributed by atoms with E-state index in [1.54, 1.807) is 6.07 Å². The van der Waals surface area contributed by atoms with Gasteiger partial charge in [0.15, 0.2) is 0 Å². The SMILES string of the molecule is CC(C)(CNC(=O)CCCCC(=O)O)c1ccc(F)cc1Cl. The van der Waals surface area contributed by atoms with E-state index in [2.05, 4.69) is 5.32 Å². The number of hydrogen-bond acceptors (Lipinski definition) is 2. The summed E-state index contributed by atoms with van der Waals surface area (Å²) in [7, 11) is 0. The standard InChI is InChI=1S/C16H21ClFNO3/c1-16(2,12-8-7-11(18)9-13(12)17)10-19-14(20)5-3-4-6-15(21)22/h7-9H,3-6,10H2,1-2H3,(H,19,20)(H,21,22). The lowest BCUT2D eigenvalue weighted by Gasteiger charge is -2.26. The Morgan fingerprint density at radius 2 is 1.91 bits per heavy atom. The third-order valence-electron chi connectivity index (χ3n) is 3.43. The van der Waals surface area contributed by atoms with Crippen molar-refractivity contribution in [3.05, 3.63) is 34.6 Å². The summed E-state index contributed by atoms with van der Waals surface area (Å²) in [4.78, 5) is 22.1. The Hall–Kier alpha value is -1.62. The molecule has 1 aromatic carbocycles. The lowest BCUT2D eigenvalue weighted by Crippen LogP contribution is -2.36. The quantitative estimate of drug-likeness (QED) is 0.717. The van der Waals surface area contributed by atoms with Gasteiger partial charge in [-0.15, -0.1) is 0 Å². The summed E-state index contributed by atoms with van der Waals surface area (Å²) >= 11 is 6.05. The minimum Gasteiger partial charge on any atom is -0.481 e. The van der Waals surface area contributed by atoms with Gasteiger partial charge in [0.2, 0.25) is 5.91 Å². The average Bonchev–Trinajstić information content (AvgIpc) is 2.41. The zero-order valence-electron chi connectivity index (χ0n) is 12.8. The minimum absolute atomic E-state index is 0.0734. The van der Waals surface area contributed by atoms with Crippen molar-refractivity contribution < 1.29 is 19.1 Å². The maximum atomic E-state index is 13.1. The number of halogens is 2. The second kappa shape index (κ2) is 8.13. The lowest BCUT2D eigenvalue weighted by atomic mass is 9.84. The van der Waals surface area contributed by atoms with Gasteiger partial charge in [-0.2, -0.15) is 0 Å². The van der Waals surface area contributed by atoms with Crippen LogP contribution in [0.5, 0.6) is 0 Å². The number of carboxylic acid groups (broad SMARTS) is 1. The average molecular weight is 330 g/mol. The van der Waals surface area contributed by atoms with Crippen LogP contribution in [0.25, 0.3) is 0 Å². The van der Waals surface area contributed by atoms with Gasteiger partial charge in [0.25, 0.3) is 0 Å². The van der Waals surface area contributed by atoms with Crippen LogP contribution in [-0.4, -0.2) is 23.5 Å². The van der Waals surface area contributed by atoms with E-state index >= 15 is 0 Å². The number of carbonyl (C=O) groups is 2. The maximum absolute atomic E-state index is 13.1. The molecule has 0 aliphatic heterocycles. The Balaban J connectivity index is 2.48. The van der Waals surface area contributed by atoms with Gasteiger partial charge in [-0.1, -0.05) is 31.5 Å². The molecule has 1 aromatic rings. The smallest absolute Gasteiger partial charge is 0.303 e. The minimum atomic E-state index is -0.854. The van der Waals surface area contributed by atoms with Crippen molar-refractivity contribution in [1.29, 1.82) is 0 Å². The van der Waals surface area contributed by atoms with Crippen molar-refractivity contribution in [2.75, 3.05) is 6.54 Å². The summed E-state index contributed by atoms with van der Waals surface area (Å²) < 4.78 is 13.1. The molecule has 0 fully saturated rings. The van der Waals surface area contributed by atoms with Crippen LogP contribution < -0.4 is 5.32 Å². The molecule has 122 valence electrons. The van der Waals surface area contributed by atoms with E-state index in [4.69, 9.17) is 16.7 Å². The van der Waals surface area contributed by atoms with Gasteiger partial charge in [0, 0.05) is 29.8 Å². The number of carbonyl (C=O) groups excluding carboxylic acids is 1. The van der Waals surface area contributed by atoms with Crippen LogP contribution in [0.4, 0.5) is 4.39 Å². The Labute approximate surface area is 134 Å². The zero-order chi connectivity index (χ0) is 16.8. The monoisotopic (exact) mass is 329 g/mol. The summed E-state index contributed by atoms with van der Waals surface area (Å²) in [6, 6.07) is 4.22. The van der Waals surface area contributed by atoms with Gasteiger partial charge < -0.3 is 10.4 Å². The molecule has 2 N–H and O–H groups in total. The van der Waals surface area contributed by atoms with Gasteiger partial charge in [0.05, 0.1) is 0 Å². The molecular weight excluding hydrogens is 309 g/mol. The van der Waals surface area contributed by atoms with E-state index in [1.807, 2.05) is 13.8 Å². The predicted molar refractivity (Wildman–Crippen MR) is 83.5 cm³/mol. The number of unbranched alkanes of at least 4 members (excludes halogenated alkanes) is 1. The van der Waals surface area contributed by atoms with Gasteiger partial charge in [-0.05, 0) is 30.5 Å². The van der Waals surface area contributed by atoms with Gasteiger partial charge >= 0.3 is 5.97 Å². The number of nitrogens with one attached hydrogen (secondary N) is 1. The van der Waals surface area contributed by atoms with Crippen molar-refractivity contribution in [1.82, 2.24) is 5.32 Å². The summed E-state index contributed by atoms with van der Waals surface area (Å²) in [6.45, 7) is 4.20. The molecule has 1 rings (SSSR count). The third-order valence-corrected chi connectivity index (χ3v) is 3.74. The molecular formula is C16H21ClFNO3. The predicted octanol–water partition coefficient (Wildman–Crippen LogP) is 3.52. The number of benzene rings is 1. The lowest BCUT2D eigenvalue weighted by molar-refractivity contribution is -0.137. The van der Waals surface area contributed by atoms with Gasteiger partial charge in [-0.3, -0.25) is 9.59 Å². The van der Waals surface area contributed by atoms with Crippen molar-refractivity contribution in [2.24, 2.45) is 0 Å². The molecule has 0 aromatic heterocycles. The largest absolute Gasteiger partial charge is 0.481 e. The van der Waals surface area contributed by atoms with Crippen LogP contribution in [0, 0.1) is 5.82 Å². The first kappa shape index (κ1) is 18.4. The number of hydrogen-bond donors (Lipinski definition) is 2. The molecule has 0 aliphatic rings. The number of amides is 1. The van der Waals surface area contributed by atoms with E-state index in [0.717, 1.165) is 5.56 Å². The van der Waals surface area contributed by atoms with Crippen LogP contribution in [0.15, 0.2) is 18.2 Å². The van der Waals surface area contributed by atoms with Crippen molar-refractivity contribution in [3.63, 3.8) is 0 Å². The van der Waals surface area contributed by atoms with E-state index in [0.29, 0.717) is 30.8 Å². The fraction of sp³-hybridized carbons (Fsp3) is 0.500. The first-order valence-electron chi connectivity index (χ1n) is 7.16. The number of rotatable bonds is 8. The van der Waals surface area contributed by atoms with E-state index in [9.17, 15) is 14.0 Å². The molecule has 0 heterocycles. The molecule has 22 heavy (non-hydrogen) atoms. The summed E-state index contributed by atoms with van der Waals surface area (Å²) in [5.41, 5.74) is 0.336. The zero-order valence-corrected chi connectivity index (χ0v) is 13.5. The highest BCUT2D eigenvalue weighted by Crippen LogP contribution is 2.29. The topological polar surface area (TPSA) is 66.4 Å². The fourth-order valence-corrected chi connectivity index (χ4v) is 2.53. The Kier molecular flexibility index (Phi) is 6.81. The van der Waals surface area contributed by atoms with Crippen LogP contribution in [0.1, 0.15) is 45.1 Å². The highest BCUT2D eigenvalue weighted by Gasteiger charge is 2.24. The molecule has 0 bridgehead atoms. The molecule has 0 saturated carbocycles. The normalized spacial score (nSPS) is 11.3. The van der Waals surface area contributed by atoms with E-state index in [1.165, 1.54) is 12.1 Å². The molecule has 0 radical (unpaired) electrons. The number of carboxylic acids is 1. The second-order valence-corrected chi connectivity index (χ2v) is 6.29. The fourth-order valence-electron chi connectivity index (χ4n) is 2.10. The molecule has 4 nitrogen and oxygen atoms in total. The third kappa shape index (κ3) is 6.02. The van der Waals surface area contributed by atoms with Crippen molar-refractivity contribution in [3.8, 4) is 0 Å². The number of aliphatic carboxylic acids is 1. The molecule has 1 amide bonds. The van der Waals surface area contributed by atoms with Crippen LogP contribution >= 0.6 is 11.6 Å². The summed E-state index contributed by atoms with van der Waals surface area (Å²) in [5.74, 6) is -1.38. The van der Waals surface area contributed by atoms with Crippen molar-refractivity contribution in [2.45, 2.75) is 44.9 Å². The Morgan fingerprint density at radius 1 is 1.27 bits per heavy atom. The Morgan fingerprint density at radius 3 is 2.50 bits per heavy atom. The highest BCUT2D eigenvalue weighted by atomic mass is 35.5. The van der Waals surface area contributed by atoms with E-state index < -0.39 is 17.2 Å². The highest BCUT2D eigenvalue weighted by molar-refractivity contribution is 6.31. The van der Waals surface area contributed by atoms with Crippen LogP contribution in [0.2, 0.25) is 5.02 Å². The van der Waals surface area contributed by atoms with Crippen LogP contribution in [-0.2, 0) is 15.0 Å². The first-order valence-corrected chi connectivity index (χ1v) is 7.54. The van der Waals surface area contributed by atoms with E-state index in [-0.39, 0.29) is 12.3 Å². The van der Waals surface area contributed by atoms with Gasteiger partial charge in [-0.25, -0.2) is 4.39 Å². The summed E-state index contributed by atoms with van der Waals surface area (Å²) in [6.07, 6.45) is 1.39. The molecule has 0 atom stereocenters. The van der Waals surface area contributed by atoms with Gasteiger partial charge in [0.1, 0.15) is 5.82 Å². The molecule has 0 aliphatic carbocycles. The molecule has 0 saturated heterocycles. The molecule has 0 unspecified atom stereocenters. The van der Waals surface area contributed by atoms with Crippen LogP contribution in [0.3, 0.4) is 0 Å². The van der Waals surface area contributed by atoms with Crippen molar-refractivity contribution >= 4 is 23.5 Å². The molecule has 6 heteroatoms.